The van der Waals surface area contributed by atoms with Gasteiger partial charge >= 0.3 is 5.97 Å². The number of rotatable bonds is 3. The van der Waals surface area contributed by atoms with E-state index in [4.69, 9.17) is 21.3 Å². The molecule has 0 atom stereocenters. The maximum Gasteiger partial charge on any atom is 0.323 e. The van der Waals surface area contributed by atoms with E-state index in [-0.39, 0.29) is 12.4 Å². The SMILES string of the molecule is O=C(O)CN1CNS(=O)(=O)c2cc(S(=O)(=O)O)c(Cl)cc21. The summed E-state index contributed by atoms with van der Waals surface area (Å²) in [5.41, 5.74) is -0.0615. The van der Waals surface area contributed by atoms with Crippen molar-refractivity contribution >= 4 is 43.4 Å². The monoisotopic (exact) mass is 356 g/mol. The third-order valence-corrected chi connectivity index (χ3v) is 5.43. The van der Waals surface area contributed by atoms with Gasteiger partial charge < -0.3 is 10.0 Å². The van der Waals surface area contributed by atoms with E-state index >= 15 is 0 Å². The molecule has 0 amide bonds. The summed E-state index contributed by atoms with van der Waals surface area (Å²) in [5, 5.41) is 8.37. The summed E-state index contributed by atoms with van der Waals surface area (Å²) in [6.07, 6.45) is 0. The molecule has 0 saturated heterocycles. The van der Waals surface area contributed by atoms with Crippen LogP contribution in [0.25, 0.3) is 0 Å². The van der Waals surface area contributed by atoms with E-state index in [0.29, 0.717) is 6.07 Å². The minimum atomic E-state index is -4.72. The van der Waals surface area contributed by atoms with Gasteiger partial charge in [0.05, 0.1) is 17.4 Å². The number of nitrogens with zero attached hydrogens (tertiary/aromatic N) is 1. The summed E-state index contributed by atoms with van der Waals surface area (Å²) in [6, 6.07) is 1.67. The number of anilines is 1. The fraction of sp³-hybridized carbons (Fsp3) is 0.222. The number of hydrogen-bond donors (Lipinski definition) is 3. The number of carboxylic acid groups (broad SMARTS) is 1. The topological polar surface area (TPSA) is 141 Å². The van der Waals surface area contributed by atoms with Gasteiger partial charge in [0, 0.05) is 0 Å². The molecule has 2 rings (SSSR count). The van der Waals surface area contributed by atoms with Crippen LogP contribution in [-0.4, -0.2) is 45.7 Å². The maximum absolute atomic E-state index is 11.9. The van der Waals surface area contributed by atoms with Crippen molar-refractivity contribution in [2.24, 2.45) is 0 Å². The van der Waals surface area contributed by atoms with Crippen LogP contribution >= 0.6 is 11.6 Å². The number of aliphatic carboxylic acids is 1. The lowest BCUT2D eigenvalue weighted by Crippen LogP contribution is -2.45. The molecule has 12 heteroatoms. The van der Waals surface area contributed by atoms with Crippen LogP contribution in [0.1, 0.15) is 0 Å². The van der Waals surface area contributed by atoms with Gasteiger partial charge in [-0.1, -0.05) is 11.6 Å². The van der Waals surface area contributed by atoms with Crippen molar-refractivity contribution in [3.8, 4) is 0 Å². The van der Waals surface area contributed by atoms with E-state index in [1.807, 2.05) is 0 Å². The quantitative estimate of drug-likeness (QED) is 0.628. The number of benzene rings is 1. The molecule has 0 radical (unpaired) electrons. The Balaban J connectivity index is 2.71. The van der Waals surface area contributed by atoms with Gasteiger partial charge in [0.25, 0.3) is 10.1 Å². The largest absolute Gasteiger partial charge is 0.480 e. The van der Waals surface area contributed by atoms with Gasteiger partial charge in [-0.2, -0.15) is 13.1 Å². The first-order valence-corrected chi connectivity index (χ1v) is 8.60. The van der Waals surface area contributed by atoms with Crippen molar-refractivity contribution in [1.82, 2.24) is 4.72 Å². The Morgan fingerprint density at radius 2 is 2.05 bits per heavy atom. The smallest absolute Gasteiger partial charge is 0.323 e. The van der Waals surface area contributed by atoms with Gasteiger partial charge in [-0.25, -0.2) is 8.42 Å². The molecule has 0 bridgehead atoms. The Bertz CT molecular complexity index is 819. The van der Waals surface area contributed by atoms with Crippen molar-refractivity contribution in [3.05, 3.63) is 17.2 Å². The highest BCUT2D eigenvalue weighted by molar-refractivity contribution is 7.90. The molecule has 1 aromatic rings. The van der Waals surface area contributed by atoms with E-state index in [2.05, 4.69) is 4.72 Å². The van der Waals surface area contributed by atoms with E-state index < -0.39 is 47.5 Å². The molecule has 1 aromatic carbocycles. The molecule has 1 aliphatic rings. The van der Waals surface area contributed by atoms with Crippen LogP contribution in [0, 0.1) is 0 Å². The first-order valence-electron chi connectivity index (χ1n) is 5.30. The summed E-state index contributed by atoms with van der Waals surface area (Å²) in [6.45, 7) is -0.819. The average Bonchev–Trinajstić information content (AvgIpc) is 2.30. The van der Waals surface area contributed by atoms with E-state index in [0.717, 1.165) is 11.0 Å². The fourth-order valence-electron chi connectivity index (χ4n) is 1.81. The Morgan fingerprint density at radius 1 is 1.43 bits per heavy atom. The molecule has 1 aliphatic heterocycles. The van der Waals surface area contributed by atoms with Crippen molar-refractivity contribution in [2.45, 2.75) is 9.79 Å². The van der Waals surface area contributed by atoms with Crippen molar-refractivity contribution in [3.63, 3.8) is 0 Å². The fourth-order valence-corrected chi connectivity index (χ4v) is 4.13. The molecule has 0 spiro atoms. The van der Waals surface area contributed by atoms with Gasteiger partial charge in [0.1, 0.15) is 16.3 Å². The Kier molecular flexibility index (Phi) is 3.88. The van der Waals surface area contributed by atoms with Crippen LogP contribution in [-0.2, 0) is 24.9 Å². The van der Waals surface area contributed by atoms with Gasteiger partial charge in [0.15, 0.2) is 0 Å². The van der Waals surface area contributed by atoms with E-state index in [1.165, 1.54) is 0 Å². The average molecular weight is 357 g/mol. The molecular weight excluding hydrogens is 348 g/mol. The van der Waals surface area contributed by atoms with E-state index in [9.17, 15) is 21.6 Å². The third kappa shape index (κ3) is 3.11. The highest BCUT2D eigenvalue weighted by atomic mass is 35.5. The van der Waals surface area contributed by atoms with Crippen LogP contribution < -0.4 is 9.62 Å². The second-order valence-electron chi connectivity index (χ2n) is 4.12. The molecule has 0 fully saturated rings. The van der Waals surface area contributed by atoms with Crippen LogP contribution in [0.2, 0.25) is 5.02 Å². The molecule has 21 heavy (non-hydrogen) atoms. The summed E-state index contributed by atoms with van der Waals surface area (Å²) in [7, 11) is -8.75. The number of sulfonamides is 1. The Labute approximate surface area is 124 Å². The summed E-state index contributed by atoms with van der Waals surface area (Å²) >= 11 is 5.71. The lowest BCUT2D eigenvalue weighted by atomic mass is 10.3. The van der Waals surface area contributed by atoms with Crippen molar-refractivity contribution < 1.29 is 31.3 Å². The highest BCUT2D eigenvalue weighted by Crippen LogP contribution is 2.35. The second-order valence-corrected chi connectivity index (χ2v) is 7.66. The number of nitrogens with one attached hydrogen (secondary N) is 1. The molecule has 116 valence electrons. The van der Waals surface area contributed by atoms with Gasteiger partial charge in [0.2, 0.25) is 10.0 Å². The predicted octanol–water partition coefficient (Wildman–Crippen LogP) is -0.273. The second kappa shape index (κ2) is 5.10. The Hall–Kier alpha value is -1.40. The van der Waals surface area contributed by atoms with Crippen LogP contribution in [0.5, 0.6) is 0 Å². The maximum atomic E-state index is 11.9. The lowest BCUT2D eigenvalue weighted by molar-refractivity contribution is -0.135. The lowest BCUT2D eigenvalue weighted by Gasteiger charge is -2.30. The number of halogens is 1. The number of fused-ring (bicyclic) bond motifs is 1. The summed E-state index contributed by atoms with van der Waals surface area (Å²) < 4.78 is 57.2. The standard InChI is InChI=1S/C9H9ClN2O7S2/c10-5-1-6-8(2-7(5)21(17,18)19)20(15,16)11-4-12(6)3-9(13)14/h1-2,11H,3-4H2,(H,13,14)(H,17,18,19). The number of carbonyl (C=O) groups is 1. The zero-order valence-electron chi connectivity index (χ0n) is 10.1. The minimum absolute atomic E-state index is 0.0615. The van der Waals surface area contributed by atoms with Crippen LogP contribution in [0.4, 0.5) is 5.69 Å². The summed E-state index contributed by atoms with van der Waals surface area (Å²) in [5.74, 6) is -1.21. The van der Waals surface area contributed by atoms with Crippen LogP contribution in [0.15, 0.2) is 21.9 Å². The molecule has 3 N–H and O–H groups in total. The minimum Gasteiger partial charge on any atom is -0.480 e. The molecule has 1 heterocycles. The van der Waals surface area contributed by atoms with Gasteiger partial charge in [-0.3, -0.25) is 9.35 Å². The van der Waals surface area contributed by atoms with Crippen molar-refractivity contribution in [2.75, 3.05) is 18.1 Å². The Morgan fingerprint density at radius 3 is 2.57 bits per heavy atom. The number of carboxylic acids is 1. The highest BCUT2D eigenvalue weighted by Gasteiger charge is 2.32. The normalized spacial score (nSPS) is 17.3. The summed E-state index contributed by atoms with van der Waals surface area (Å²) in [4.78, 5) is 10.7. The first-order chi connectivity index (χ1) is 9.52. The molecular formula is C9H9ClN2O7S2. The molecule has 0 unspecified atom stereocenters. The molecule has 0 aromatic heterocycles. The zero-order chi connectivity index (χ0) is 16.0. The molecule has 0 saturated carbocycles. The third-order valence-electron chi connectivity index (χ3n) is 2.69. The van der Waals surface area contributed by atoms with Gasteiger partial charge in [-0.05, 0) is 12.1 Å². The van der Waals surface area contributed by atoms with Gasteiger partial charge in [-0.15, -0.1) is 0 Å². The van der Waals surface area contributed by atoms with Crippen LogP contribution in [0.3, 0.4) is 0 Å². The zero-order valence-corrected chi connectivity index (χ0v) is 12.5. The predicted molar refractivity (Wildman–Crippen MR) is 71.4 cm³/mol. The molecule has 9 nitrogen and oxygen atoms in total. The first kappa shape index (κ1) is 16.0. The number of hydrogen-bond acceptors (Lipinski definition) is 6. The molecule has 0 aliphatic carbocycles. The van der Waals surface area contributed by atoms with E-state index in [1.54, 1.807) is 0 Å². The van der Waals surface area contributed by atoms with Crippen molar-refractivity contribution in [1.29, 1.82) is 0 Å².